The first-order chi connectivity index (χ1) is 8.52. The summed E-state index contributed by atoms with van der Waals surface area (Å²) in [6.07, 6.45) is 1.33. The van der Waals surface area contributed by atoms with E-state index in [1.54, 1.807) is 18.2 Å². The van der Waals surface area contributed by atoms with Gasteiger partial charge in [0.15, 0.2) is 16.1 Å². The zero-order valence-electron chi connectivity index (χ0n) is 9.80. The highest BCUT2D eigenvalue weighted by molar-refractivity contribution is 7.91. The maximum Gasteiger partial charge on any atom is 0.152 e. The number of hydrogen-bond acceptors (Lipinski definition) is 4. The summed E-state index contributed by atoms with van der Waals surface area (Å²) in [7, 11) is -2.91. The summed E-state index contributed by atoms with van der Waals surface area (Å²) < 4.78 is 23.0. The first-order valence-corrected chi connectivity index (χ1v) is 7.92. The van der Waals surface area contributed by atoms with Crippen molar-refractivity contribution in [2.24, 2.45) is 0 Å². The van der Waals surface area contributed by atoms with E-state index in [9.17, 15) is 13.2 Å². The Morgan fingerprint density at radius 1 is 1.22 bits per heavy atom. The molecule has 0 unspecified atom stereocenters. The normalized spacial score (nSPS) is 19.3. The van der Waals surface area contributed by atoms with Crippen LogP contribution < -0.4 is 4.90 Å². The third-order valence-corrected chi connectivity index (χ3v) is 5.07. The average Bonchev–Trinajstić information content (AvgIpc) is 2.50. The van der Waals surface area contributed by atoms with Crippen molar-refractivity contribution in [1.29, 1.82) is 0 Å². The molecule has 1 saturated heterocycles. The average molecular weight is 288 g/mol. The molecule has 1 fully saturated rings. The molecule has 1 aliphatic heterocycles. The zero-order chi connectivity index (χ0) is 13.2. The molecule has 2 rings (SSSR count). The third-order valence-electron chi connectivity index (χ3n) is 3.03. The molecule has 0 N–H and O–H groups in total. The minimum absolute atomic E-state index is 0.167. The summed E-state index contributed by atoms with van der Waals surface area (Å²) >= 11 is 5.97. The minimum atomic E-state index is -2.91. The maximum absolute atomic E-state index is 11.5. The van der Waals surface area contributed by atoms with Gasteiger partial charge in [0, 0.05) is 24.3 Å². The zero-order valence-corrected chi connectivity index (χ0v) is 11.4. The second-order valence-corrected chi connectivity index (χ2v) is 7.03. The van der Waals surface area contributed by atoms with E-state index < -0.39 is 9.84 Å². The van der Waals surface area contributed by atoms with Crippen molar-refractivity contribution in [3.05, 3.63) is 28.8 Å². The molecule has 6 heteroatoms. The van der Waals surface area contributed by atoms with E-state index in [2.05, 4.69) is 0 Å². The molecule has 0 saturated carbocycles. The lowest BCUT2D eigenvalue weighted by Crippen LogP contribution is -2.26. The van der Waals surface area contributed by atoms with Crippen molar-refractivity contribution in [3.63, 3.8) is 0 Å². The van der Waals surface area contributed by atoms with Crippen LogP contribution >= 0.6 is 11.6 Å². The van der Waals surface area contributed by atoms with E-state index in [4.69, 9.17) is 11.6 Å². The lowest BCUT2D eigenvalue weighted by Gasteiger charge is -2.22. The molecule has 4 nitrogen and oxygen atoms in total. The van der Waals surface area contributed by atoms with E-state index in [-0.39, 0.29) is 11.5 Å². The predicted molar refractivity (Wildman–Crippen MR) is 72.3 cm³/mol. The summed E-state index contributed by atoms with van der Waals surface area (Å²) in [5, 5.41) is 0.398. The Kier molecular flexibility index (Phi) is 3.92. The highest BCUT2D eigenvalue weighted by Crippen LogP contribution is 2.24. The lowest BCUT2D eigenvalue weighted by molar-refractivity contribution is 0.112. The third kappa shape index (κ3) is 3.03. The number of sulfone groups is 1. The molecule has 1 heterocycles. The highest BCUT2D eigenvalue weighted by atomic mass is 35.5. The number of hydrogen-bond donors (Lipinski definition) is 0. The Morgan fingerprint density at radius 2 is 2.00 bits per heavy atom. The molecular formula is C12H14ClNO3S. The first kappa shape index (κ1) is 13.4. The van der Waals surface area contributed by atoms with Crippen LogP contribution in [-0.2, 0) is 9.84 Å². The molecule has 0 aromatic heterocycles. The molecule has 1 aliphatic rings. The van der Waals surface area contributed by atoms with Crippen LogP contribution in [-0.4, -0.2) is 39.3 Å². The summed E-state index contributed by atoms with van der Waals surface area (Å²) in [6, 6.07) is 5.17. The van der Waals surface area contributed by atoms with Crippen molar-refractivity contribution < 1.29 is 13.2 Å². The predicted octanol–water partition coefficient (Wildman–Crippen LogP) is 1.78. The molecule has 1 aromatic rings. The molecule has 98 valence electrons. The van der Waals surface area contributed by atoms with Gasteiger partial charge in [0.25, 0.3) is 0 Å². The van der Waals surface area contributed by atoms with Gasteiger partial charge in [0.2, 0.25) is 0 Å². The summed E-state index contributed by atoms with van der Waals surface area (Å²) in [4.78, 5) is 12.7. The van der Waals surface area contributed by atoms with Gasteiger partial charge in [-0.1, -0.05) is 11.6 Å². The Bertz CT molecular complexity index is 556. The van der Waals surface area contributed by atoms with Crippen molar-refractivity contribution in [2.45, 2.75) is 6.42 Å². The van der Waals surface area contributed by atoms with Crippen LogP contribution in [0.4, 0.5) is 5.69 Å². The molecule has 0 radical (unpaired) electrons. The van der Waals surface area contributed by atoms with E-state index in [0.717, 1.165) is 5.69 Å². The van der Waals surface area contributed by atoms with Crippen LogP contribution in [0.25, 0.3) is 0 Å². The fourth-order valence-electron chi connectivity index (χ4n) is 2.00. The number of benzene rings is 1. The molecule has 1 aromatic carbocycles. The van der Waals surface area contributed by atoms with Crippen LogP contribution in [0, 0.1) is 0 Å². The molecule has 0 bridgehead atoms. The molecule has 0 aliphatic carbocycles. The monoisotopic (exact) mass is 287 g/mol. The van der Waals surface area contributed by atoms with Gasteiger partial charge < -0.3 is 4.90 Å². The van der Waals surface area contributed by atoms with Crippen molar-refractivity contribution in [1.82, 2.24) is 0 Å². The van der Waals surface area contributed by atoms with Crippen LogP contribution in [0.3, 0.4) is 0 Å². The second kappa shape index (κ2) is 5.28. The fraction of sp³-hybridized carbons (Fsp3) is 0.417. The number of nitrogens with zero attached hydrogens (tertiary/aromatic N) is 1. The summed E-state index contributed by atoms with van der Waals surface area (Å²) in [5.41, 5.74) is 1.31. The van der Waals surface area contributed by atoms with E-state index in [1.807, 2.05) is 4.90 Å². The van der Waals surface area contributed by atoms with E-state index in [0.29, 0.717) is 36.4 Å². The van der Waals surface area contributed by atoms with Gasteiger partial charge in [-0.2, -0.15) is 0 Å². The Labute approximate surface area is 111 Å². The molecule has 0 spiro atoms. The van der Waals surface area contributed by atoms with Gasteiger partial charge in [0.05, 0.1) is 16.5 Å². The molecule has 18 heavy (non-hydrogen) atoms. The lowest BCUT2D eigenvalue weighted by atomic mass is 10.2. The number of aldehydes is 1. The quantitative estimate of drug-likeness (QED) is 0.778. The number of halogens is 1. The van der Waals surface area contributed by atoms with Gasteiger partial charge in [-0.3, -0.25) is 4.79 Å². The van der Waals surface area contributed by atoms with Crippen LogP contribution in [0.15, 0.2) is 18.2 Å². The van der Waals surface area contributed by atoms with Crippen LogP contribution in [0.1, 0.15) is 16.8 Å². The van der Waals surface area contributed by atoms with Gasteiger partial charge in [-0.05, 0) is 24.6 Å². The smallest absolute Gasteiger partial charge is 0.152 e. The number of anilines is 1. The molecule has 0 atom stereocenters. The van der Waals surface area contributed by atoms with E-state index in [1.165, 1.54) is 0 Å². The number of rotatable bonds is 2. The minimum Gasteiger partial charge on any atom is -0.370 e. The summed E-state index contributed by atoms with van der Waals surface area (Å²) in [6.45, 7) is 1.16. The van der Waals surface area contributed by atoms with Crippen molar-refractivity contribution >= 4 is 33.4 Å². The highest BCUT2D eigenvalue weighted by Gasteiger charge is 2.19. The van der Waals surface area contributed by atoms with E-state index >= 15 is 0 Å². The summed E-state index contributed by atoms with van der Waals surface area (Å²) in [5.74, 6) is 0.406. The molecular weight excluding hydrogens is 274 g/mol. The number of carbonyl (C=O) groups is 1. The first-order valence-electron chi connectivity index (χ1n) is 5.72. The van der Waals surface area contributed by atoms with Crippen LogP contribution in [0.2, 0.25) is 5.02 Å². The second-order valence-electron chi connectivity index (χ2n) is 4.32. The standard InChI is InChI=1S/C12H14ClNO3S/c13-12-8-11(3-2-10(12)9-15)14-4-1-6-18(16,17)7-5-14/h2-3,8-9H,1,4-7H2. The maximum atomic E-state index is 11.5. The topological polar surface area (TPSA) is 54.5 Å². The SMILES string of the molecule is O=Cc1ccc(N2CCCS(=O)(=O)CC2)cc1Cl. The largest absolute Gasteiger partial charge is 0.370 e. The van der Waals surface area contributed by atoms with Gasteiger partial charge in [-0.25, -0.2) is 8.42 Å². The van der Waals surface area contributed by atoms with Gasteiger partial charge in [0.1, 0.15) is 0 Å². The van der Waals surface area contributed by atoms with Gasteiger partial charge in [-0.15, -0.1) is 0 Å². The van der Waals surface area contributed by atoms with Gasteiger partial charge >= 0.3 is 0 Å². The van der Waals surface area contributed by atoms with Crippen LogP contribution in [0.5, 0.6) is 0 Å². The fourth-order valence-corrected chi connectivity index (χ4v) is 3.50. The van der Waals surface area contributed by atoms with Crippen molar-refractivity contribution in [2.75, 3.05) is 29.5 Å². The Balaban J connectivity index is 2.21. The number of carbonyl (C=O) groups excluding carboxylic acids is 1. The van der Waals surface area contributed by atoms with Crippen molar-refractivity contribution in [3.8, 4) is 0 Å². The molecule has 0 amide bonds. The Morgan fingerprint density at radius 3 is 2.67 bits per heavy atom. The Hall–Kier alpha value is -1.07.